The first-order valence-electron chi connectivity index (χ1n) is 28.2. The number of hydrogen-bond acceptors (Lipinski definition) is 5. The second-order valence-corrected chi connectivity index (χ2v) is 19.4. The zero-order valence-electron chi connectivity index (χ0n) is 42.9. The van der Waals surface area contributed by atoms with Gasteiger partial charge in [-0.05, 0) is 77.0 Å². The number of aliphatic hydroxyl groups excluding tert-OH is 2. The van der Waals surface area contributed by atoms with E-state index in [0.29, 0.717) is 19.3 Å². The molecule has 6 heteroatoms. The van der Waals surface area contributed by atoms with E-state index >= 15 is 0 Å². The lowest BCUT2D eigenvalue weighted by Crippen LogP contribution is -2.46. The van der Waals surface area contributed by atoms with Gasteiger partial charge in [-0.25, -0.2) is 0 Å². The Morgan fingerprint density at radius 2 is 0.797 bits per heavy atom. The summed E-state index contributed by atoms with van der Waals surface area (Å²) in [5.41, 5.74) is 0. The van der Waals surface area contributed by atoms with Crippen molar-refractivity contribution in [2.24, 2.45) is 0 Å². The summed E-state index contributed by atoms with van der Waals surface area (Å²) in [5.74, 6) is -0.484. The molecule has 0 aliphatic carbocycles. The summed E-state index contributed by atoms with van der Waals surface area (Å²) in [6, 6.07) is -0.704. The van der Waals surface area contributed by atoms with Crippen molar-refractivity contribution in [2.75, 3.05) is 6.61 Å². The van der Waals surface area contributed by atoms with Crippen molar-refractivity contribution < 1.29 is 24.5 Å². The lowest BCUT2D eigenvalue weighted by molar-refractivity contribution is -0.151. The van der Waals surface area contributed by atoms with Gasteiger partial charge in [-0.2, -0.15) is 0 Å². The van der Waals surface area contributed by atoms with E-state index in [1.54, 1.807) is 0 Å². The Morgan fingerprint density at radius 3 is 1.20 bits per heavy atom. The number of amides is 1. The van der Waals surface area contributed by atoms with Gasteiger partial charge in [0.25, 0.3) is 0 Å². The van der Waals surface area contributed by atoms with Crippen molar-refractivity contribution in [3.8, 4) is 0 Å². The number of unbranched alkanes of at least 4 members (excludes halogenated alkanes) is 34. The maximum atomic E-state index is 13.2. The summed E-state index contributed by atoms with van der Waals surface area (Å²) in [4.78, 5) is 26.2. The molecular formula is C58H109NO5. The highest BCUT2D eigenvalue weighted by molar-refractivity contribution is 5.77. The van der Waals surface area contributed by atoms with Gasteiger partial charge in [0.05, 0.1) is 25.2 Å². The fourth-order valence-electron chi connectivity index (χ4n) is 8.65. The highest BCUT2D eigenvalue weighted by atomic mass is 16.5. The molecule has 0 bridgehead atoms. The number of esters is 1. The van der Waals surface area contributed by atoms with Crippen LogP contribution in [0, 0.1) is 0 Å². The summed E-state index contributed by atoms with van der Waals surface area (Å²) in [5, 5.41) is 23.8. The van der Waals surface area contributed by atoms with Gasteiger partial charge in [-0.3, -0.25) is 9.59 Å². The van der Waals surface area contributed by atoms with E-state index in [2.05, 4.69) is 62.5 Å². The molecule has 0 rings (SSSR count). The lowest BCUT2D eigenvalue weighted by Gasteiger charge is -2.24. The molecule has 64 heavy (non-hydrogen) atoms. The van der Waals surface area contributed by atoms with E-state index in [0.717, 1.165) is 70.6 Å². The highest BCUT2D eigenvalue weighted by Gasteiger charge is 2.24. The van der Waals surface area contributed by atoms with Crippen molar-refractivity contribution in [1.82, 2.24) is 5.32 Å². The first-order valence-corrected chi connectivity index (χ1v) is 28.2. The number of carbonyl (C=O) groups is 2. The molecule has 0 aromatic heterocycles. The third-order valence-electron chi connectivity index (χ3n) is 13.0. The van der Waals surface area contributed by atoms with E-state index < -0.39 is 18.2 Å². The van der Waals surface area contributed by atoms with Crippen molar-refractivity contribution in [1.29, 1.82) is 0 Å². The summed E-state index contributed by atoms with van der Waals surface area (Å²) in [6.07, 6.45) is 62.1. The molecule has 0 aromatic carbocycles. The van der Waals surface area contributed by atoms with Gasteiger partial charge in [0, 0.05) is 6.42 Å². The van der Waals surface area contributed by atoms with Crippen LogP contribution < -0.4 is 5.32 Å². The van der Waals surface area contributed by atoms with Crippen LogP contribution in [0.15, 0.2) is 36.5 Å². The van der Waals surface area contributed by atoms with Crippen LogP contribution in [0.1, 0.15) is 297 Å². The number of rotatable bonds is 51. The molecule has 3 unspecified atom stereocenters. The van der Waals surface area contributed by atoms with Crippen molar-refractivity contribution in [3.05, 3.63) is 36.5 Å². The van der Waals surface area contributed by atoms with Crippen molar-refractivity contribution in [3.63, 3.8) is 0 Å². The highest BCUT2D eigenvalue weighted by Crippen LogP contribution is 2.18. The van der Waals surface area contributed by atoms with Gasteiger partial charge >= 0.3 is 5.97 Å². The van der Waals surface area contributed by atoms with Crippen molar-refractivity contribution in [2.45, 2.75) is 315 Å². The molecule has 0 aromatic rings. The summed E-state index contributed by atoms with van der Waals surface area (Å²) in [7, 11) is 0. The second kappa shape index (κ2) is 52.1. The fraction of sp³-hybridized carbons (Fsp3) is 0.862. The van der Waals surface area contributed by atoms with E-state index in [9.17, 15) is 19.8 Å². The quantitative estimate of drug-likeness (QED) is 0.0245. The number of carbonyl (C=O) groups excluding carboxylic acids is 2. The van der Waals surface area contributed by atoms with Crippen LogP contribution in [0.4, 0.5) is 0 Å². The average molecular weight is 901 g/mol. The molecule has 376 valence electrons. The first-order chi connectivity index (χ1) is 31.5. The monoisotopic (exact) mass is 900 g/mol. The molecule has 0 spiro atoms. The Kier molecular flexibility index (Phi) is 50.5. The van der Waals surface area contributed by atoms with E-state index in [-0.39, 0.29) is 24.9 Å². The minimum atomic E-state index is -0.789. The SMILES string of the molecule is CCCCCCCC/C=C/CCCCCCCCCC(CC(=O)NC(CO)C(O)CCCCCCCCCCCC)OC(=O)CCCCCCC/C=C/C=C/CCCCCCCCC. The first kappa shape index (κ1) is 62.1. The van der Waals surface area contributed by atoms with Crippen LogP contribution >= 0.6 is 0 Å². The number of aliphatic hydroxyl groups is 2. The van der Waals surface area contributed by atoms with E-state index in [4.69, 9.17) is 4.74 Å². The topological polar surface area (TPSA) is 95.9 Å². The Labute approximate surface area is 398 Å². The van der Waals surface area contributed by atoms with Crippen LogP contribution in [0.25, 0.3) is 0 Å². The van der Waals surface area contributed by atoms with Crippen molar-refractivity contribution >= 4 is 11.9 Å². The number of hydrogen-bond donors (Lipinski definition) is 3. The molecule has 6 nitrogen and oxygen atoms in total. The summed E-state index contributed by atoms with van der Waals surface area (Å²) < 4.78 is 5.95. The predicted molar refractivity (Wildman–Crippen MR) is 278 cm³/mol. The maximum absolute atomic E-state index is 13.2. The van der Waals surface area contributed by atoms with Gasteiger partial charge in [0.2, 0.25) is 5.91 Å². The smallest absolute Gasteiger partial charge is 0.306 e. The number of nitrogens with one attached hydrogen (secondary N) is 1. The molecule has 0 aliphatic rings. The van der Waals surface area contributed by atoms with Gasteiger partial charge in [0.15, 0.2) is 0 Å². The molecule has 0 heterocycles. The van der Waals surface area contributed by atoms with Gasteiger partial charge in [-0.15, -0.1) is 0 Å². The molecule has 0 saturated carbocycles. The Bertz CT molecular complexity index is 1060. The lowest BCUT2D eigenvalue weighted by atomic mass is 10.0. The molecule has 3 N–H and O–H groups in total. The Morgan fingerprint density at radius 1 is 0.453 bits per heavy atom. The molecular weight excluding hydrogens is 791 g/mol. The molecule has 3 atom stereocenters. The Balaban J connectivity index is 4.57. The molecule has 0 aliphatic heterocycles. The maximum Gasteiger partial charge on any atom is 0.306 e. The normalized spacial score (nSPS) is 13.4. The molecule has 0 radical (unpaired) electrons. The van der Waals surface area contributed by atoms with Crippen LogP contribution in [0.3, 0.4) is 0 Å². The third kappa shape index (κ3) is 46.6. The zero-order valence-corrected chi connectivity index (χ0v) is 42.9. The van der Waals surface area contributed by atoms with Gasteiger partial charge in [0.1, 0.15) is 6.10 Å². The predicted octanol–water partition coefficient (Wildman–Crippen LogP) is 17.2. The number of ether oxygens (including phenoxy) is 1. The summed E-state index contributed by atoms with van der Waals surface area (Å²) in [6.45, 7) is 6.48. The van der Waals surface area contributed by atoms with E-state index in [1.807, 2.05) is 0 Å². The van der Waals surface area contributed by atoms with Crippen LogP contribution in [-0.2, 0) is 14.3 Å². The minimum Gasteiger partial charge on any atom is -0.462 e. The van der Waals surface area contributed by atoms with Gasteiger partial charge < -0.3 is 20.3 Å². The Hall–Kier alpha value is -1.92. The van der Waals surface area contributed by atoms with E-state index in [1.165, 1.54) is 180 Å². The summed E-state index contributed by atoms with van der Waals surface area (Å²) >= 11 is 0. The number of allylic oxidation sites excluding steroid dienone is 6. The second-order valence-electron chi connectivity index (χ2n) is 19.4. The zero-order chi connectivity index (χ0) is 46.7. The average Bonchev–Trinajstić information content (AvgIpc) is 3.29. The van der Waals surface area contributed by atoms with Crippen LogP contribution in [0.2, 0.25) is 0 Å². The third-order valence-corrected chi connectivity index (χ3v) is 13.0. The molecule has 0 fully saturated rings. The standard InChI is InChI=1S/C58H109NO5/c1-4-7-10-13-16-19-22-24-26-28-30-32-34-36-39-42-45-48-51-58(63)64-54(49-46-43-40-37-35-33-31-29-27-25-23-20-17-14-11-8-5-2)52-57(62)59-55(53-60)56(61)50-47-44-41-38-21-18-15-12-9-6-3/h25-28,30,32,54-56,60-61H,4-24,29,31,33-53H2,1-3H3,(H,59,62)/b27-25+,28-26+,32-30+. The molecule has 0 saturated heterocycles. The van der Waals surface area contributed by atoms with Crippen LogP contribution in [-0.4, -0.2) is 46.9 Å². The van der Waals surface area contributed by atoms with Crippen LogP contribution in [0.5, 0.6) is 0 Å². The largest absolute Gasteiger partial charge is 0.462 e. The fourth-order valence-corrected chi connectivity index (χ4v) is 8.65. The van der Waals surface area contributed by atoms with Gasteiger partial charge in [-0.1, -0.05) is 243 Å². The minimum absolute atomic E-state index is 0.0709. The molecule has 1 amide bonds.